The summed E-state index contributed by atoms with van der Waals surface area (Å²) in [7, 11) is 0. The lowest BCUT2D eigenvalue weighted by molar-refractivity contribution is 0.667. The van der Waals surface area contributed by atoms with Gasteiger partial charge in [-0.05, 0) is 58.7 Å². The summed E-state index contributed by atoms with van der Waals surface area (Å²) in [6, 6.07) is 43.7. The maximum absolute atomic E-state index is 4.90. The Balaban J connectivity index is 1.68. The molecule has 0 fully saturated rings. The minimum Gasteiger partial charge on any atom is -0.307 e. The third-order valence-electron chi connectivity index (χ3n) is 9.11. The molecule has 0 amide bonds. The van der Waals surface area contributed by atoms with Gasteiger partial charge in [0.05, 0.1) is 22.1 Å². The lowest BCUT2D eigenvalue weighted by Crippen LogP contribution is -2.15. The minimum absolute atomic E-state index is 0.168. The average molecular weight is 526 g/mol. The molecular weight excluding hydrogens is 498 g/mol. The number of fused-ring (bicyclic) bond motifs is 12. The highest BCUT2D eigenvalue weighted by Crippen LogP contribution is 2.58. The van der Waals surface area contributed by atoms with E-state index in [9.17, 15) is 0 Å². The van der Waals surface area contributed by atoms with Gasteiger partial charge in [-0.3, -0.25) is 4.57 Å². The molecule has 0 saturated carbocycles. The van der Waals surface area contributed by atoms with Gasteiger partial charge in [0.1, 0.15) is 5.82 Å². The van der Waals surface area contributed by atoms with Crippen LogP contribution in [0.3, 0.4) is 0 Å². The van der Waals surface area contributed by atoms with Gasteiger partial charge in [-0.1, -0.05) is 98.8 Å². The Morgan fingerprint density at radius 2 is 1.17 bits per heavy atom. The first kappa shape index (κ1) is 22.6. The molecule has 3 aromatic heterocycles. The summed E-state index contributed by atoms with van der Waals surface area (Å²) in [6.45, 7) is 4.80. The molecule has 0 saturated heterocycles. The van der Waals surface area contributed by atoms with Crippen LogP contribution in [-0.4, -0.2) is 14.1 Å². The van der Waals surface area contributed by atoms with Crippen molar-refractivity contribution >= 4 is 43.6 Å². The second-order valence-corrected chi connectivity index (χ2v) is 11.6. The van der Waals surface area contributed by atoms with Crippen LogP contribution in [0.2, 0.25) is 0 Å². The summed E-state index contributed by atoms with van der Waals surface area (Å²) in [5.41, 5.74) is 11.3. The Morgan fingerprint density at radius 3 is 1.93 bits per heavy atom. The zero-order valence-electron chi connectivity index (χ0n) is 23.0. The Bertz CT molecular complexity index is 2320. The van der Waals surface area contributed by atoms with E-state index in [4.69, 9.17) is 4.98 Å². The molecule has 8 aromatic rings. The smallest absolute Gasteiger partial charge is 0.137 e. The highest BCUT2D eigenvalue weighted by Gasteiger charge is 2.41. The van der Waals surface area contributed by atoms with E-state index in [1.807, 2.05) is 12.3 Å². The number of rotatable bonds is 2. The molecular formula is C38H27N3. The second-order valence-electron chi connectivity index (χ2n) is 11.6. The molecule has 0 spiro atoms. The number of hydrogen-bond donors (Lipinski definition) is 0. The van der Waals surface area contributed by atoms with Gasteiger partial charge in [0.15, 0.2) is 0 Å². The maximum Gasteiger partial charge on any atom is 0.137 e. The van der Waals surface area contributed by atoms with Gasteiger partial charge in [-0.25, -0.2) is 4.98 Å². The van der Waals surface area contributed by atoms with E-state index in [-0.39, 0.29) is 5.41 Å². The van der Waals surface area contributed by atoms with Crippen LogP contribution in [0, 0.1) is 0 Å². The van der Waals surface area contributed by atoms with Crippen LogP contribution in [-0.2, 0) is 5.41 Å². The quantitative estimate of drug-likeness (QED) is 0.220. The van der Waals surface area contributed by atoms with Crippen LogP contribution in [0.4, 0.5) is 0 Å². The minimum atomic E-state index is -0.168. The van der Waals surface area contributed by atoms with Crippen molar-refractivity contribution in [3.63, 3.8) is 0 Å². The summed E-state index contributed by atoms with van der Waals surface area (Å²) in [5.74, 6) is 0.926. The lowest BCUT2D eigenvalue weighted by atomic mass is 9.80. The molecule has 0 radical (unpaired) electrons. The van der Waals surface area contributed by atoms with Crippen molar-refractivity contribution in [3.8, 4) is 22.6 Å². The molecule has 0 aliphatic heterocycles. The van der Waals surface area contributed by atoms with Crippen molar-refractivity contribution in [2.45, 2.75) is 19.3 Å². The third kappa shape index (κ3) is 2.80. The Hall–Kier alpha value is -5.15. The normalized spacial score (nSPS) is 13.8. The van der Waals surface area contributed by atoms with E-state index >= 15 is 0 Å². The maximum atomic E-state index is 4.90. The van der Waals surface area contributed by atoms with Gasteiger partial charge in [0, 0.05) is 38.8 Å². The Kier molecular flexibility index (Phi) is 4.39. The molecule has 1 aliphatic rings. The Morgan fingerprint density at radius 1 is 0.561 bits per heavy atom. The summed E-state index contributed by atoms with van der Waals surface area (Å²) in [6.07, 6.45) is 1.89. The average Bonchev–Trinajstić information content (AvgIpc) is 3.62. The van der Waals surface area contributed by atoms with Crippen LogP contribution < -0.4 is 0 Å². The fourth-order valence-corrected chi connectivity index (χ4v) is 7.53. The number of pyridine rings is 1. The standard InChI is InChI=1S/C38H27N3/c1-38(2)28-19-9-6-16-25(28)32-33-26-17-7-11-21-30(26)41(31-22-12-13-23-39-31)36(33)37-34(35(32)38)27-18-8-10-20-29(27)40(37)24-14-4-3-5-15-24/h3-23H,1-2H3. The largest absolute Gasteiger partial charge is 0.307 e. The van der Waals surface area contributed by atoms with Gasteiger partial charge >= 0.3 is 0 Å². The predicted molar refractivity (Wildman–Crippen MR) is 170 cm³/mol. The number of hydrogen-bond acceptors (Lipinski definition) is 1. The zero-order chi connectivity index (χ0) is 27.3. The first-order valence-corrected chi connectivity index (χ1v) is 14.3. The van der Waals surface area contributed by atoms with Gasteiger partial charge in [-0.15, -0.1) is 0 Å². The van der Waals surface area contributed by atoms with Crippen LogP contribution in [0.1, 0.15) is 25.0 Å². The molecule has 0 unspecified atom stereocenters. The van der Waals surface area contributed by atoms with Crippen LogP contribution in [0.25, 0.3) is 66.2 Å². The lowest BCUT2D eigenvalue weighted by Gasteiger charge is -2.23. The van der Waals surface area contributed by atoms with E-state index in [2.05, 4.69) is 138 Å². The first-order valence-electron chi connectivity index (χ1n) is 14.3. The molecule has 3 heteroatoms. The molecule has 1 aliphatic carbocycles. The highest BCUT2D eigenvalue weighted by atomic mass is 15.1. The van der Waals surface area contributed by atoms with Crippen molar-refractivity contribution in [2.24, 2.45) is 0 Å². The molecule has 0 bridgehead atoms. The van der Waals surface area contributed by atoms with E-state index in [0.717, 1.165) is 11.5 Å². The van der Waals surface area contributed by atoms with Crippen molar-refractivity contribution in [1.29, 1.82) is 0 Å². The molecule has 194 valence electrons. The number of para-hydroxylation sites is 3. The zero-order valence-corrected chi connectivity index (χ0v) is 23.0. The summed E-state index contributed by atoms with van der Waals surface area (Å²) < 4.78 is 4.87. The molecule has 41 heavy (non-hydrogen) atoms. The van der Waals surface area contributed by atoms with E-state index in [1.54, 1.807) is 0 Å². The number of nitrogens with zero attached hydrogens (tertiary/aromatic N) is 3. The first-order chi connectivity index (χ1) is 20.2. The molecule has 3 nitrogen and oxygen atoms in total. The second kappa shape index (κ2) is 7.96. The number of aromatic nitrogens is 3. The molecule has 0 N–H and O–H groups in total. The van der Waals surface area contributed by atoms with Crippen LogP contribution in [0.15, 0.2) is 128 Å². The van der Waals surface area contributed by atoms with Gasteiger partial charge in [-0.2, -0.15) is 0 Å². The van der Waals surface area contributed by atoms with Crippen molar-refractivity contribution < 1.29 is 0 Å². The van der Waals surface area contributed by atoms with Crippen molar-refractivity contribution in [3.05, 3.63) is 139 Å². The summed E-state index contributed by atoms with van der Waals surface area (Å²) >= 11 is 0. The fraction of sp³-hybridized carbons (Fsp3) is 0.0789. The topological polar surface area (TPSA) is 22.8 Å². The van der Waals surface area contributed by atoms with Gasteiger partial charge in [0.25, 0.3) is 0 Å². The summed E-state index contributed by atoms with van der Waals surface area (Å²) in [4.78, 5) is 4.90. The number of benzene rings is 5. The fourth-order valence-electron chi connectivity index (χ4n) is 7.53. The molecule has 3 heterocycles. The van der Waals surface area contributed by atoms with E-state index in [0.29, 0.717) is 0 Å². The van der Waals surface area contributed by atoms with E-state index < -0.39 is 0 Å². The van der Waals surface area contributed by atoms with Crippen molar-refractivity contribution in [1.82, 2.24) is 14.1 Å². The molecule has 5 aromatic carbocycles. The Labute approximate surface area is 237 Å². The van der Waals surface area contributed by atoms with Crippen molar-refractivity contribution in [2.75, 3.05) is 0 Å². The third-order valence-corrected chi connectivity index (χ3v) is 9.11. The van der Waals surface area contributed by atoms with Crippen LogP contribution in [0.5, 0.6) is 0 Å². The van der Waals surface area contributed by atoms with E-state index in [1.165, 1.54) is 65.9 Å². The van der Waals surface area contributed by atoms with Gasteiger partial charge < -0.3 is 4.57 Å². The van der Waals surface area contributed by atoms with Gasteiger partial charge in [0.2, 0.25) is 0 Å². The predicted octanol–water partition coefficient (Wildman–Crippen LogP) is 9.58. The monoisotopic (exact) mass is 525 g/mol. The van der Waals surface area contributed by atoms with Crippen LogP contribution >= 0.6 is 0 Å². The molecule has 9 rings (SSSR count). The highest BCUT2D eigenvalue weighted by molar-refractivity contribution is 6.30. The SMILES string of the molecule is CC1(C)c2ccccc2-c2c1c1c3ccccc3n(-c3ccccc3)c1c1c2c2ccccc2n1-c1ccccn1. The summed E-state index contributed by atoms with van der Waals surface area (Å²) in [5, 5.41) is 5.16. The molecule has 0 atom stereocenters.